The van der Waals surface area contributed by atoms with Gasteiger partial charge in [-0.3, -0.25) is 0 Å². The topological polar surface area (TPSA) is 41.9 Å². The maximum atomic E-state index is 13.1. The highest BCUT2D eigenvalue weighted by atomic mass is 19.1. The van der Waals surface area contributed by atoms with E-state index in [9.17, 15) is 4.39 Å². The van der Waals surface area contributed by atoms with Crippen LogP contribution >= 0.6 is 0 Å². The van der Waals surface area contributed by atoms with Crippen LogP contribution in [0.2, 0.25) is 0 Å². The van der Waals surface area contributed by atoms with E-state index >= 15 is 0 Å². The summed E-state index contributed by atoms with van der Waals surface area (Å²) in [5.41, 5.74) is 4.46. The normalized spacial score (nSPS) is 16.1. The minimum atomic E-state index is -0.237. The summed E-state index contributed by atoms with van der Waals surface area (Å²) in [6.45, 7) is 13.1. The zero-order valence-electron chi connectivity index (χ0n) is 17.0. The molecule has 4 nitrogen and oxygen atoms in total. The van der Waals surface area contributed by atoms with E-state index in [1.807, 2.05) is 38.6 Å². The lowest BCUT2D eigenvalue weighted by Crippen LogP contribution is -2.42. The lowest BCUT2D eigenvalue weighted by molar-refractivity contribution is 0.429. The average molecular weight is 371 g/mol. The van der Waals surface area contributed by atoms with Gasteiger partial charge >= 0.3 is 0 Å². The molecule has 27 heavy (non-hydrogen) atoms. The molecule has 146 valence electrons. The summed E-state index contributed by atoms with van der Waals surface area (Å²) in [4.78, 5) is 0. The molecular formula is C22H31FN4. The predicted octanol–water partition coefficient (Wildman–Crippen LogP) is 4.76. The summed E-state index contributed by atoms with van der Waals surface area (Å²) in [5.74, 6) is -0.237. The second kappa shape index (κ2) is 10.2. The first-order valence-electron chi connectivity index (χ1n) is 9.91. The van der Waals surface area contributed by atoms with E-state index in [-0.39, 0.29) is 5.82 Å². The van der Waals surface area contributed by atoms with Crippen LogP contribution in [0.4, 0.5) is 4.39 Å². The van der Waals surface area contributed by atoms with Gasteiger partial charge in [0.2, 0.25) is 0 Å². The van der Waals surface area contributed by atoms with Crippen molar-refractivity contribution in [1.82, 2.24) is 20.4 Å². The fraction of sp³-hybridized carbons (Fsp3) is 0.409. The second-order valence-corrected chi connectivity index (χ2v) is 6.01. The van der Waals surface area contributed by atoms with Gasteiger partial charge in [0.25, 0.3) is 0 Å². The number of piperazine rings is 1. The molecule has 2 heterocycles. The summed E-state index contributed by atoms with van der Waals surface area (Å²) in [6.07, 6.45) is 1.87. The van der Waals surface area contributed by atoms with Crippen molar-refractivity contribution in [3.8, 4) is 5.69 Å². The third-order valence-corrected chi connectivity index (χ3v) is 4.44. The molecule has 1 atom stereocenters. The minimum absolute atomic E-state index is 0.237. The first-order valence-corrected chi connectivity index (χ1v) is 9.91. The molecule has 2 aromatic carbocycles. The molecule has 1 aliphatic heterocycles. The molecule has 1 fully saturated rings. The Labute approximate surface area is 161 Å². The largest absolute Gasteiger partial charge is 0.314 e. The molecule has 1 saturated heterocycles. The van der Waals surface area contributed by atoms with Crippen LogP contribution in [0.5, 0.6) is 0 Å². The van der Waals surface area contributed by atoms with E-state index in [0.717, 1.165) is 36.2 Å². The summed E-state index contributed by atoms with van der Waals surface area (Å²) in [6, 6.07) is 11.1. The van der Waals surface area contributed by atoms with Crippen LogP contribution in [0, 0.1) is 12.7 Å². The van der Waals surface area contributed by atoms with Crippen molar-refractivity contribution in [2.75, 3.05) is 19.6 Å². The Hall–Kier alpha value is -2.24. The Kier molecular flexibility index (Phi) is 7.95. The highest BCUT2D eigenvalue weighted by Gasteiger charge is 2.18. The highest BCUT2D eigenvalue weighted by molar-refractivity contribution is 5.82. The van der Waals surface area contributed by atoms with Gasteiger partial charge in [-0.2, -0.15) is 5.10 Å². The maximum absolute atomic E-state index is 13.1. The minimum Gasteiger partial charge on any atom is -0.314 e. The van der Waals surface area contributed by atoms with E-state index in [4.69, 9.17) is 0 Å². The van der Waals surface area contributed by atoms with E-state index in [1.54, 1.807) is 12.1 Å². The number of aryl methyl sites for hydroxylation is 1. The Morgan fingerprint density at radius 3 is 2.37 bits per heavy atom. The van der Waals surface area contributed by atoms with E-state index in [1.165, 1.54) is 23.3 Å². The standard InChI is InChI=1S/C18H19FN4.2C2H6/c1-12-8-18-13(9-16(12)17-11-20-6-7-21-17)10-22-23(18)15-4-2-14(19)3-5-15;2*1-2/h2-5,8-10,17,20-21H,6-7,11H2,1H3;2*1-2H3. The number of halogens is 1. The molecule has 0 bridgehead atoms. The van der Waals surface area contributed by atoms with Crippen molar-refractivity contribution >= 4 is 10.9 Å². The quantitative estimate of drug-likeness (QED) is 0.683. The zero-order chi connectivity index (χ0) is 19.8. The van der Waals surface area contributed by atoms with Crippen molar-refractivity contribution < 1.29 is 4.39 Å². The Morgan fingerprint density at radius 2 is 1.74 bits per heavy atom. The van der Waals surface area contributed by atoms with E-state index < -0.39 is 0 Å². The van der Waals surface area contributed by atoms with Crippen molar-refractivity contribution in [2.24, 2.45) is 0 Å². The molecule has 0 saturated carbocycles. The first kappa shape index (κ1) is 21.1. The van der Waals surface area contributed by atoms with Crippen molar-refractivity contribution in [2.45, 2.75) is 40.7 Å². The lowest BCUT2D eigenvalue weighted by Gasteiger charge is -2.26. The SMILES string of the molecule is CC.CC.Cc1cc2c(cnn2-c2ccc(F)cc2)cc1C1CNCCN1. The van der Waals surface area contributed by atoms with Crippen LogP contribution in [0.15, 0.2) is 42.6 Å². The summed E-state index contributed by atoms with van der Waals surface area (Å²) < 4.78 is 15.0. The molecule has 0 amide bonds. The van der Waals surface area contributed by atoms with Crippen molar-refractivity contribution in [3.05, 3.63) is 59.5 Å². The van der Waals surface area contributed by atoms with Gasteiger partial charge in [0.1, 0.15) is 5.82 Å². The van der Waals surface area contributed by atoms with Crippen molar-refractivity contribution in [1.29, 1.82) is 0 Å². The maximum Gasteiger partial charge on any atom is 0.123 e. The number of hydrogen-bond acceptors (Lipinski definition) is 3. The number of benzene rings is 2. The monoisotopic (exact) mass is 370 g/mol. The van der Waals surface area contributed by atoms with Crippen LogP contribution in [-0.4, -0.2) is 29.4 Å². The molecular weight excluding hydrogens is 339 g/mol. The summed E-state index contributed by atoms with van der Waals surface area (Å²) in [5, 5.41) is 12.6. The zero-order valence-corrected chi connectivity index (χ0v) is 17.0. The number of aromatic nitrogens is 2. The van der Waals surface area contributed by atoms with Gasteiger partial charge in [0.15, 0.2) is 0 Å². The molecule has 0 radical (unpaired) electrons. The molecule has 0 aliphatic carbocycles. The highest BCUT2D eigenvalue weighted by Crippen LogP contribution is 2.26. The van der Waals surface area contributed by atoms with Gasteiger partial charge in [-0.25, -0.2) is 9.07 Å². The van der Waals surface area contributed by atoms with Crippen LogP contribution < -0.4 is 10.6 Å². The number of hydrogen-bond donors (Lipinski definition) is 2. The molecule has 4 rings (SSSR count). The number of nitrogens with one attached hydrogen (secondary N) is 2. The van der Waals surface area contributed by atoms with Crippen LogP contribution in [0.3, 0.4) is 0 Å². The van der Waals surface area contributed by atoms with E-state index in [2.05, 4.69) is 34.8 Å². The van der Waals surface area contributed by atoms with Gasteiger partial charge in [0, 0.05) is 31.1 Å². The number of nitrogens with zero attached hydrogens (tertiary/aromatic N) is 2. The van der Waals surface area contributed by atoms with Gasteiger partial charge in [-0.1, -0.05) is 27.7 Å². The Balaban J connectivity index is 0.000000614. The van der Waals surface area contributed by atoms with Crippen LogP contribution in [-0.2, 0) is 0 Å². The third-order valence-electron chi connectivity index (χ3n) is 4.44. The predicted molar refractivity (Wildman–Crippen MR) is 112 cm³/mol. The van der Waals surface area contributed by atoms with Gasteiger partial charge in [0.05, 0.1) is 17.4 Å². The fourth-order valence-corrected chi connectivity index (χ4v) is 3.23. The second-order valence-electron chi connectivity index (χ2n) is 6.01. The molecule has 1 aliphatic rings. The molecule has 2 N–H and O–H groups in total. The van der Waals surface area contributed by atoms with E-state index in [0.29, 0.717) is 6.04 Å². The first-order chi connectivity index (χ1) is 13.2. The van der Waals surface area contributed by atoms with Gasteiger partial charge in [-0.15, -0.1) is 0 Å². The van der Waals surface area contributed by atoms with Gasteiger partial charge < -0.3 is 10.6 Å². The molecule has 3 aromatic rings. The third kappa shape index (κ3) is 4.73. The fourth-order valence-electron chi connectivity index (χ4n) is 3.23. The Morgan fingerprint density at radius 1 is 1.04 bits per heavy atom. The molecule has 1 aromatic heterocycles. The smallest absolute Gasteiger partial charge is 0.123 e. The summed E-state index contributed by atoms with van der Waals surface area (Å²) in [7, 11) is 0. The van der Waals surface area contributed by atoms with Crippen LogP contribution in [0.25, 0.3) is 16.6 Å². The summed E-state index contributed by atoms with van der Waals surface area (Å²) >= 11 is 0. The molecule has 0 spiro atoms. The number of fused-ring (bicyclic) bond motifs is 1. The number of rotatable bonds is 2. The van der Waals surface area contributed by atoms with Crippen molar-refractivity contribution in [3.63, 3.8) is 0 Å². The lowest BCUT2D eigenvalue weighted by atomic mass is 9.98. The molecule has 1 unspecified atom stereocenters. The molecule has 5 heteroatoms. The Bertz CT molecular complexity index is 833. The van der Waals surface area contributed by atoms with Gasteiger partial charge in [-0.05, 0) is 54.4 Å². The van der Waals surface area contributed by atoms with Crippen LogP contribution in [0.1, 0.15) is 44.9 Å². The average Bonchev–Trinajstić information content (AvgIpc) is 3.14.